The second-order valence-electron chi connectivity index (χ2n) is 27.9. The fourth-order valence-electron chi connectivity index (χ4n) is 10.8. The lowest BCUT2D eigenvalue weighted by atomic mass is 10.0. The van der Waals surface area contributed by atoms with Crippen molar-refractivity contribution in [1.82, 2.24) is 0 Å². The van der Waals surface area contributed by atoms with Crippen LogP contribution in [0.25, 0.3) is 0 Å². The molecule has 0 aliphatic carbocycles. The van der Waals surface area contributed by atoms with Gasteiger partial charge >= 0.3 is 39.5 Å². The molecule has 0 fully saturated rings. The summed E-state index contributed by atoms with van der Waals surface area (Å²) in [5, 5.41) is 10.6. The Morgan fingerprint density at radius 1 is 0.275 bits per heavy atom. The summed E-state index contributed by atoms with van der Waals surface area (Å²) in [5.74, 6) is 0.779. The zero-order valence-corrected chi connectivity index (χ0v) is 61.3. The van der Waals surface area contributed by atoms with Crippen LogP contribution in [-0.2, 0) is 65.4 Å². The minimum atomic E-state index is -4.95. The van der Waals surface area contributed by atoms with Crippen LogP contribution in [0.1, 0.15) is 357 Å². The second-order valence-corrected chi connectivity index (χ2v) is 30.8. The molecule has 0 rings (SSSR count). The third-order valence-electron chi connectivity index (χ3n) is 16.6. The summed E-state index contributed by atoms with van der Waals surface area (Å²) < 4.78 is 68.2. The normalized spacial score (nSPS) is 14.2. The van der Waals surface area contributed by atoms with E-state index in [1.54, 1.807) is 0 Å². The molecule has 0 aromatic carbocycles. The Labute approximate surface area is 556 Å². The summed E-state index contributed by atoms with van der Waals surface area (Å²) in [6, 6.07) is 0. The van der Waals surface area contributed by atoms with E-state index in [-0.39, 0.29) is 25.7 Å². The lowest BCUT2D eigenvalue weighted by Crippen LogP contribution is -2.30. The summed E-state index contributed by atoms with van der Waals surface area (Å²) >= 11 is 0. The van der Waals surface area contributed by atoms with Crippen LogP contribution in [0.2, 0.25) is 0 Å². The maximum Gasteiger partial charge on any atom is 0.472 e. The second kappa shape index (κ2) is 61.6. The molecule has 19 heteroatoms. The van der Waals surface area contributed by atoms with Crippen molar-refractivity contribution in [1.29, 1.82) is 0 Å². The molecule has 2 unspecified atom stereocenters. The predicted molar refractivity (Wildman–Crippen MR) is 367 cm³/mol. The lowest BCUT2D eigenvalue weighted by Gasteiger charge is -2.21. The number of phosphoric ester groups is 2. The number of rotatable bonds is 69. The van der Waals surface area contributed by atoms with E-state index in [9.17, 15) is 43.2 Å². The summed E-state index contributed by atoms with van der Waals surface area (Å²) in [4.78, 5) is 72.5. The van der Waals surface area contributed by atoms with Gasteiger partial charge in [0.15, 0.2) is 12.2 Å². The predicted octanol–water partition coefficient (Wildman–Crippen LogP) is 20.5. The Bertz CT molecular complexity index is 1800. The van der Waals surface area contributed by atoms with Crippen molar-refractivity contribution in [3.05, 3.63) is 0 Å². The number of esters is 4. The van der Waals surface area contributed by atoms with E-state index >= 15 is 0 Å². The van der Waals surface area contributed by atoms with Gasteiger partial charge in [-0.15, -0.1) is 0 Å². The smallest absolute Gasteiger partial charge is 0.462 e. The highest BCUT2D eigenvalue weighted by Gasteiger charge is 2.30. The molecule has 17 nitrogen and oxygen atoms in total. The molecule has 0 aliphatic heterocycles. The number of aliphatic hydroxyl groups excluding tert-OH is 1. The Hall–Kier alpha value is -1.94. The minimum Gasteiger partial charge on any atom is -0.462 e. The zero-order chi connectivity index (χ0) is 67.5. The molecule has 0 saturated heterocycles. The topological polar surface area (TPSA) is 237 Å². The van der Waals surface area contributed by atoms with Crippen molar-refractivity contribution in [2.45, 2.75) is 375 Å². The van der Waals surface area contributed by atoms with Gasteiger partial charge in [-0.2, -0.15) is 0 Å². The number of ether oxygens (including phenoxy) is 4. The lowest BCUT2D eigenvalue weighted by molar-refractivity contribution is -0.161. The molecule has 0 heterocycles. The monoisotopic (exact) mass is 1340 g/mol. The maximum absolute atomic E-state index is 13.0. The van der Waals surface area contributed by atoms with Crippen LogP contribution in [0.15, 0.2) is 0 Å². The van der Waals surface area contributed by atoms with Gasteiger partial charge in [0.2, 0.25) is 0 Å². The van der Waals surface area contributed by atoms with Crippen LogP contribution in [0, 0.1) is 23.7 Å². The third-order valence-corrected chi connectivity index (χ3v) is 18.5. The quantitative estimate of drug-likeness (QED) is 0.0222. The molecule has 91 heavy (non-hydrogen) atoms. The van der Waals surface area contributed by atoms with Crippen LogP contribution in [0.4, 0.5) is 0 Å². The van der Waals surface area contributed by atoms with Crippen LogP contribution >= 0.6 is 15.6 Å². The SMILES string of the molecule is CC(C)CCCCCCCCCCCCCCCCCCCCC(=O)O[C@H](COC(=O)CCCCCCCCCCCC(C)C)COP(=O)(O)OC[C@@H](O)COP(=O)(O)OC[C@@H](COC(=O)CCCCCCCCC(C)C)OC(=O)CCCCCCCCC(C)C. The fourth-order valence-corrected chi connectivity index (χ4v) is 12.4. The number of hydrogen-bond acceptors (Lipinski definition) is 15. The van der Waals surface area contributed by atoms with Gasteiger partial charge in [-0.1, -0.05) is 306 Å². The molecule has 0 aromatic rings. The summed E-state index contributed by atoms with van der Waals surface area (Å²) in [6.07, 6.45) is 45.0. The van der Waals surface area contributed by atoms with Gasteiger partial charge in [-0.05, 0) is 49.4 Å². The highest BCUT2D eigenvalue weighted by Crippen LogP contribution is 2.45. The first-order valence-corrected chi connectivity index (χ1v) is 40.2. The van der Waals surface area contributed by atoms with E-state index in [0.29, 0.717) is 37.5 Å². The van der Waals surface area contributed by atoms with E-state index < -0.39 is 97.5 Å². The Morgan fingerprint density at radius 3 is 0.681 bits per heavy atom. The largest absolute Gasteiger partial charge is 0.472 e. The number of carbonyl (C=O) groups excluding carboxylic acids is 4. The number of phosphoric acid groups is 2. The van der Waals surface area contributed by atoms with Gasteiger partial charge in [0, 0.05) is 25.7 Å². The molecular formula is C72H140O17P2. The summed E-state index contributed by atoms with van der Waals surface area (Å²) in [5.41, 5.74) is 0. The first-order valence-electron chi connectivity index (χ1n) is 37.2. The van der Waals surface area contributed by atoms with Crippen molar-refractivity contribution in [2.75, 3.05) is 39.6 Å². The number of aliphatic hydroxyl groups is 1. The van der Waals surface area contributed by atoms with E-state index in [2.05, 4.69) is 55.4 Å². The van der Waals surface area contributed by atoms with Gasteiger partial charge < -0.3 is 33.8 Å². The number of carbonyl (C=O) groups is 4. The molecule has 5 atom stereocenters. The van der Waals surface area contributed by atoms with Crippen LogP contribution in [0.5, 0.6) is 0 Å². The average Bonchev–Trinajstić information content (AvgIpc) is 2.85. The number of hydrogen-bond donors (Lipinski definition) is 3. The van der Waals surface area contributed by atoms with Gasteiger partial charge in [-0.3, -0.25) is 37.3 Å². The van der Waals surface area contributed by atoms with Crippen molar-refractivity contribution in [2.24, 2.45) is 23.7 Å². The zero-order valence-electron chi connectivity index (χ0n) is 59.5. The molecule has 0 saturated carbocycles. The van der Waals surface area contributed by atoms with Gasteiger partial charge in [-0.25, -0.2) is 9.13 Å². The highest BCUT2D eigenvalue weighted by atomic mass is 31.2. The van der Waals surface area contributed by atoms with Gasteiger partial charge in [0.1, 0.15) is 19.3 Å². The first-order chi connectivity index (χ1) is 43.6. The van der Waals surface area contributed by atoms with E-state index in [1.807, 2.05) is 0 Å². The molecule has 0 aliphatic rings. The van der Waals surface area contributed by atoms with Crippen LogP contribution in [0.3, 0.4) is 0 Å². The van der Waals surface area contributed by atoms with Crippen LogP contribution in [-0.4, -0.2) is 96.7 Å². The Balaban J connectivity index is 5.16. The standard InChI is InChI=1S/C72H140O17P2/c1-62(2)48-40-32-24-20-17-15-13-11-9-10-12-14-16-18-22-27-38-46-54-71(76)88-67(58-82-69(74)52-44-36-26-23-19-21-25-33-41-49-63(3)4)60-86-90(78,79)84-56-66(73)57-85-91(80,81)87-61-68(89-72(77)55-47-39-31-29-35-43-51-65(7)8)59-83-70(75)53-45-37-30-28-34-42-50-64(5)6/h62-68,73H,9-61H2,1-8H3,(H,78,79)(H,80,81)/t66-,67-,68-/m1/s1. The molecule has 0 bridgehead atoms. The Kier molecular flexibility index (Phi) is 60.3. The highest BCUT2D eigenvalue weighted by molar-refractivity contribution is 7.47. The molecule has 0 amide bonds. The van der Waals surface area contributed by atoms with Crippen LogP contribution < -0.4 is 0 Å². The Morgan fingerprint density at radius 2 is 0.462 bits per heavy atom. The third kappa shape index (κ3) is 66.5. The summed E-state index contributed by atoms with van der Waals surface area (Å²) in [6.45, 7) is 14.0. The van der Waals surface area contributed by atoms with Crippen molar-refractivity contribution in [3.63, 3.8) is 0 Å². The first kappa shape index (κ1) is 89.1. The maximum atomic E-state index is 13.0. The molecule has 0 aromatic heterocycles. The summed E-state index contributed by atoms with van der Waals surface area (Å²) in [7, 11) is -9.90. The molecule has 0 spiro atoms. The number of unbranched alkanes of at least 4 members (excludes halogenated alkanes) is 35. The molecule has 0 radical (unpaired) electrons. The van der Waals surface area contributed by atoms with Crippen molar-refractivity contribution < 1.29 is 80.2 Å². The molecule has 3 N–H and O–H groups in total. The van der Waals surface area contributed by atoms with E-state index in [1.165, 1.54) is 154 Å². The fraction of sp³-hybridized carbons (Fsp3) is 0.944. The molecular weight excluding hydrogens is 1200 g/mol. The van der Waals surface area contributed by atoms with Crippen molar-refractivity contribution >= 4 is 39.5 Å². The van der Waals surface area contributed by atoms with Crippen molar-refractivity contribution in [3.8, 4) is 0 Å². The average molecular weight is 1340 g/mol. The van der Waals surface area contributed by atoms with E-state index in [0.717, 1.165) is 108 Å². The minimum absolute atomic E-state index is 0.101. The van der Waals surface area contributed by atoms with E-state index in [4.69, 9.17) is 37.0 Å². The molecule has 540 valence electrons. The van der Waals surface area contributed by atoms with Gasteiger partial charge in [0.05, 0.1) is 26.4 Å². The van der Waals surface area contributed by atoms with Gasteiger partial charge in [0.25, 0.3) is 0 Å².